The Bertz CT molecular complexity index is 400. The first-order valence-corrected chi connectivity index (χ1v) is 5.32. The van der Waals surface area contributed by atoms with Crippen molar-refractivity contribution in [1.29, 1.82) is 0 Å². The van der Waals surface area contributed by atoms with Crippen molar-refractivity contribution in [3.05, 3.63) is 17.8 Å². The number of carboxylic acid groups (broad SMARTS) is 1. The summed E-state index contributed by atoms with van der Waals surface area (Å²) >= 11 is 0. The Morgan fingerprint density at radius 2 is 2.19 bits per heavy atom. The Hall–Kier alpha value is -1.78. The summed E-state index contributed by atoms with van der Waals surface area (Å²) in [4.78, 5) is 14.9. The standard InChI is InChI=1S/C11H14N2O3/c12-7-5-9(11(14)15)10(13-6-7)16-8-3-1-2-4-8/h5-6,8H,1-4,12H2,(H,14,15). The summed E-state index contributed by atoms with van der Waals surface area (Å²) in [6.07, 6.45) is 5.69. The molecule has 0 spiro atoms. The van der Waals surface area contributed by atoms with Gasteiger partial charge in [-0.05, 0) is 31.7 Å². The molecule has 0 radical (unpaired) electrons. The minimum atomic E-state index is -1.06. The predicted molar refractivity (Wildman–Crippen MR) is 58.5 cm³/mol. The van der Waals surface area contributed by atoms with Gasteiger partial charge in [0.05, 0.1) is 11.9 Å². The van der Waals surface area contributed by atoms with Crippen LogP contribution in [0.5, 0.6) is 5.88 Å². The monoisotopic (exact) mass is 222 g/mol. The van der Waals surface area contributed by atoms with Gasteiger partial charge in [0, 0.05) is 0 Å². The second-order valence-electron chi connectivity index (χ2n) is 3.95. The van der Waals surface area contributed by atoms with Gasteiger partial charge >= 0.3 is 5.97 Å². The lowest BCUT2D eigenvalue weighted by atomic mass is 10.2. The number of aromatic nitrogens is 1. The van der Waals surface area contributed by atoms with Crippen LogP contribution in [0.4, 0.5) is 5.69 Å². The summed E-state index contributed by atoms with van der Waals surface area (Å²) < 4.78 is 5.58. The normalized spacial score (nSPS) is 16.2. The van der Waals surface area contributed by atoms with E-state index in [1.165, 1.54) is 12.3 Å². The van der Waals surface area contributed by atoms with Gasteiger partial charge in [0.1, 0.15) is 11.7 Å². The number of nitrogens with two attached hydrogens (primary N) is 1. The Morgan fingerprint density at radius 1 is 1.50 bits per heavy atom. The van der Waals surface area contributed by atoms with Gasteiger partial charge in [-0.2, -0.15) is 0 Å². The highest BCUT2D eigenvalue weighted by Crippen LogP contribution is 2.25. The van der Waals surface area contributed by atoms with Crippen LogP contribution in [0, 0.1) is 0 Å². The van der Waals surface area contributed by atoms with Crippen molar-refractivity contribution in [2.24, 2.45) is 0 Å². The zero-order valence-corrected chi connectivity index (χ0v) is 8.85. The van der Waals surface area contributed by atoms with E-state index in [0.29, 0.717) is 5.69 Å². The van der Waals surface area contributed by atoms with Crippen molar-refractivity contribution in [3.63, 3.8) is 0 Å². The number of hydrogen-bond donors (Lipinski definition) is 2. The van der Waals surface area contributed by atoms with Crippen molar-refractivity contribution in [1.82, 2.24) is 4.98 Å². The van der Waals surface area contributed by atoms with Gasteiger partial charge in [-0.15, -0.1) is 0 Å². The summed E-state index contributed by atoms with van der Waals surface area (Å²) in [6.45, 7) is 0. The van der Waals surface area contributed by atoms with Crippen LogP contribution in [-0.2, 0) is 0 Å². The molecule has 16 heavy (non-hydrogen) atoms. The third-order valence-electron chi connectivity index (χ3n) is 2.68. The molecule has 2 rings (SSSR count). The highest BCUT2D eigenvalue weighted by atomic mass is 16.5. The molecule has 0 bridgehead atoms. The van der Waals surface area contributed by atoms with Crippen LogP contribution < -0.4 is 10.5 Å². The van der Waals surface area contributed by atoms with E-state index in [0.717, 1.165) is 25.7 Å². The van der Waals surface area contributed by atoms with Crippen LogP contribution in [0.15, 0.2) is 12.3 Å². The fraction of sp³-hybridized carbons (Fsp3) is 0.455. The lowest BCUT2D eigenvalue weighted by Crippen LogP contribution is -2.15. The molecule has 0 aliphatic heterocycles. The molecule has 0 atom stereocenters. The molecule has 1 heterocycles. The van der Waals surface area contributed by atoms with Gasteiger partial charge in [0.2, 0.25) is 5.88 Å². The highest BCUT2D eigenvalue weighted by Gasteiger charge is 2.21. The topological polar surface area (TPSA) is 85.4 Å². The highest BCUT2D eigenvalue weighted by molar-refractivity contribution is 5.91. The van der Waals surface area contributed by atoms with Gasteiger partial charge in [0.25, 0.3) is 0 Å². The van der Waals surface area contributed by atoms with E-state index in [-0.39, 0.29) is 17.5 Å². The lowest BCUT2D eigenvalue weighted by molar-refractivity contribution is 0.0687. The predicted octanol–water partition coefficient (Wildman–Crippen LogP) is 1.68. The molecule has 0 unspecified atom stereocenters. The van der Waals surface area contributed by atoms with E-state index < -0.39 is 5.97 Å². The molecular formula is C11H14N2O3. The third kappa shape index (κ3) is 2.24. The first kappa shape index (κ1) is 10.7. The number of nitrogens with zero attached hydrogens (tertiary/aromatic N) is 1. The summed E-state index contributed by atoms with van der Waals surface area (Å²) in [6, 6.07) is 1.37. The van der Waals surface area contributed by atoms with Crippen molar-refractivity contribution in [3.8, 4) is 5.88 Å². The number of nitrogen functional groups attached to an aromatic ring is 1. The average molecular weight is 222 g/mol. The molecule has 1 fully saturated rings. The third-order valence-corrected chi connectivity index (χ3v) is 2.68. The van der Waals surface area contributed by atoms with E-state index in [2.05, 4.69) is 4.98 Å². The van der Waals surface area contributed by atoms with Crippen molar-refractivity contribution in [2.75, 3.05) is 5.73 Å². The number of pyridine rings is 1. The fourth-order valence-corrected chi connectivity index (χ4v) is 1.88. The quantitative estimate of drug-likeness (QED) is 0.812. The molecule has 1 aliphatic rings. The summed E-state index contributed by atoms with van der Waals surface area (Å²) in [7, 11) is 0. The zero-order valence-electron chi connectivity index (χ0n) is 8.85. The minimum absolute atomic E-state index is 0.0342. The Kier molecular flexibility index (Phi) is 2.94. The van der Waals surface area contributed by atoms with Crippen LogP contribution in [0.1, 0.15) is 36.0 Å². The fourth-order valence-electron chi connectivity index (χ4n) is 1.88. The van der Waals surface area contributed by atoms with E-state index in [1.807, 2.05) is 0 Å². The number of aromatic carboxylic acids is 1. The van der Waals surface area contributed by atoms with E-state index >= 15 is 0 Å². The second kappa shape index (κ2) is 4.38. The number of ether oxygens (including phenoxy) is 1. The molecule has 3 N–H and O–H groups in total. The van der Waals surface area contributed by atoms with Crippen LogP contribution in [-0.4, -0.2) is 22.2 Å². The molecule has 1 aromatic rings. The SMILES string of the molecule is Nc1cnc(OC2CCCC2)c(C(=O)O)c1. The van der Waals surface area contributed by atoms with E-state index in [9.17, 15) is 4.79 Å². The maximum Gasteiger partial charge on any atom is 0.341 e. The molecule has 1 aromatic heterocycles. The van der Waals surface area contributed by atoms with Crippen molar-refractivity contribution >= 4 is 11.7 Å². The summed E-state index contributed by atoms with van der Waals surface area (Å²) in [5.74, 6) is -0.888. The van der Waals surface area contributed by atoms with Gasteiger partial charge in [0.15, 0.2) is 0 Å². The smallest absolute Gasteiger partial charge is 0.341 e. The molecule has 1 saturated carbocycles. The molecule has 5 heteroatoms. The summed E-state index contributed by atoms with van der Waals surface area (Å²) in [5, 5.41) is 8.99. The zero-order chi connectivity index (χ0) is 11.5. The van der Waals surface area contributed by atoms with Crippen LogP contribution in [0.25, 0.3) is 0 Å². The van der Waals surface area contributed by atoms with Crippen LogP contribution >= 0.6 is 0 Å². The van der Waals surface area contributed by atoms with Gasteiger partial charge in [-0.1, -0.05) is 0 Å². The Morgan fingerprint density at radius 3 is 2.81 bits per heavy atom. The molecule has 5 nitrogen and oxygen atoms in total. The van der Waals surface area contributed by atoms with Crippen LogP contribution in [0.2, 0.25) is 0 Å². The molecule has 0 aromatic carbocycles. The molecule has 86 valence electrons. The second-order valence-corrected chi connectivity index (χ2v) is 3.95. The van der Waals surface area contributed by atoms with Crippen molar-refractivity contribution in [2.45, 2.75) is 31.8 Å². The van der Waals surface area contributed by atoms with Gasteiger partial charge in [-0.25, -0.2) is 9.78 Å². The molecule has 0 amide bonds. The Balaban J connectivity index is 2.21. The van der Waals surface area contributed by atoms with E-state index in [1.54, 1.807) is 0 Å². The number of anilines is 1. The van der Waals surface area contributed by atoms with Gasteiger partial charge in [-0.3, -0.25) is 0 Å². The number of hydrogen-bond acceptors (Lipinski definition) is 4. The number of carbonyl (C=O) groups is 1. The largest absolute Gasteiger partial charge is 0.477 e. The first-order valence-electron chi connectivity index (χ1n) is 5.32. The summed E-state index contributed by atoms with van der Waals surface area (Å²) in [5.41, 5.74) is 5.86. The maximum absolute atomic E-state index is 11.0. The Labute approximate surface area is 93.2 Å². The first-order chi connectivity index (χ1) is 7.66. The number of rotatable bonds is 3. The maximum atomic E-state index is 11.0. The average Bonchev–Trinajstić information content (AvgIpc) is 2.73. The van der Waals surface area contributed by atoms with Crippen molar-refractivity contribution < 1.29 is 14.6 Å². The number of carboxylic acids is 1. The minimum Gasteiger partial charge on any atom is -0.477 e. The van der Waals surface area contributed by atoms with Gasteiger partial charge < -0.3 is 15.6 Å². The molecule has 1 aliphatic carbocycles. The van der Waals surface area contributed by atoms with Crippen LogP contribution in [0.3, 0.4) is 0 Å². The molecular weight excluding hydrogens is 208 g/mol. The van der Waals surface area contributed by atoms with E-state index in [4.69, 9.17) is 15.6 Å². The molecule has 0 saturated heterocycles. The lowest BCUT2D eigenvalue weighted by Gasteiger charge is -2.13.